The van der Waals surface area contributed by atoms with Gasteiger partial charge in [0.25, 0.3) is 0 Å². The standard InChI is InChI=1S/C64H45N5/c1-44-35-36-45(37-38-48-21-11-14-31-57(48)68(44)58-32-15-12-28-54(58)47-19-5-2-6-20-47)46-39-41-53(42-40-46)69-59-33-16-13-29-56(59)61-55(30-18-34-60(61)69)51-26-17-27-52(43-51)64-66-62(49-22-7-3-8-23-49)65-63(67-64)50-24-9-4-10-25-50/h2-37,39-43H,1,38H2/b36-35-,45-37+. The van der Waals surface area contributed by atoms with E-state index in [9.17, 15) is 0 Å². The highest BCUT2D eigenvalue weighted by Gasteiger charge is 2.21. The van der Waals surface area contributed by atoms with Crippen LogP contribution >= 0.6 is 0 Å². The van der Waals surface area contributed by atoms with Crippen LogP contribution in [-0.4, -0.2) is 19.5 Å². The number of hydrogen-bond acceptors (Lipinski definition) is 4. The first kappa shape index (κ1) is 41.3. The van der Waals surface area contributed by atoms with E-state index in [1.807, 2.05) is 60.7 Å². The molecule has 3 heterocycles. The molecule has 1 aliphatic rings. The first-order valence-corrected chi connectivity index (χ1v) is 23.3. The van der Waals surface area contributed by atoms with Gasteiger partial charge in [0, 0.05) is 50.1 Å². The zero-order valence-electron chi connectivity index (χ0n) is 37.8. The van der Waals surface area contributed by atoms with Gasteiger partial charge >= 0.3 is 0 Å². The fraction of sp³-hybridized carbons (Fsp3) is 0.0156. The molecule has 11 aromatic rings. The summed E-state index contributed by atoms with van der Waals surface area (Å²) < 4.78 is 2.39. The minimum absolute atomic E-state index is 0.628. The zero-order chi connectivity index (χ0) is 46.1. The molecule has 69 heavy (non-hydrogen) atoms. The molecule has 0 unspecified atom stereocenters. The van der Waals surface area contributed by atoms with Crippen molar-refractivity contribution in [1.82, 2.24) is 19.5 Å². The molecular formula is C64H45N5. The summed E-state index contributed by atoms with van der Waals surface area (Å²) >= 11 is 0. The molecule has 5 heteroatoms. The third-order valence-corrected chi connectivity index (χ3v) is 13.0. The lowest BCUT2D eigenvalue weighted by atomic mass is 9.97. The van der Waals surface area contributed by atoms with Crippen LogP contribution in [0.5, 0.6) is 0 Å². The second-order valence-electron chi connectivity index (χ2n) is 17.3. The molecule has 0 saturated carbocycles. The van der Waals surface area contributed by atoms with Crippen LogP contribution in [0, 0.1) is 0 Å². The molecular weight excluding hydrogens is 839 g/mol. The van der Waals surface area contributed by atoms with Gasteiger partial charge in [-0.25, -0.2) is 15.0 Å². The van der Waals surface area contributed by atoms with Crippen LogP contribution in [0.3, 0.4) is 0 Å². The number of para-hydroxylation sites is 3. The van der Waals surface area contributed by atoms with Gasteiger partial charge in [-0.2, -0.15) is 0 Å². The van der Waals surface area contributed by atoms with Crippen LogP contribution in [-0.2, 0) is 6.42 Å². The van der Waals surface area contributed by atoms with E-state index < -0.39 is 0 Å². The van der Waals surface area contributed by atoms with E-state index in [-0.39, 0.29) is 0 Å². The topological polar surface area (TPSA) is 46.8 Å². The van der Waals surface area contributed by atoms with E-state index in [2.05, 4.69) is 204 Å². The number of benzene rings is 9. The van der Waals surface area contributed by atoms with Gasteiger partial charge in [-0.1, -0.05) is 207 Å². The van der Waals surface area contributed by atoms with Gasteiger partial charge < -0.3 is 9.47 Å². The quantitative estimate of drug-likeness (QED) is 0.153. The first-order valence-electron chi connectivity index (χ1n) is 23.3. The van der Waals surface area contributed by atoms with Crippen LogP contribution in [0.1, 0.15) is 11.1 Å². The second-order valence-corrected chi connectivity index (χ2v) is 17.3. The van der Waals surface area contributed by atoms with Gasteiger partial charge in [-0.05, 0) is 88.4 Å². The summed E-state index contributed by atoms with van der Waals surface area (Å²) in [6.07, 6.45) is 7.47. The Morgan fingerprint density at radius 2 is 0.928 bits per heavy atom. The Kier molecular flexibility index (Phi) is 10.7. The van der Waals surface area contributed by atoms with Gasteiger partial charge in [0.1, 0.15) is 0 Å². The molecule has 2 aromatic heterocycles. The molecule has 5 nitrogen and oxygen atoms in total. The maximum atomic E-state index is 5.05. The van der Waals surface area contributed by atoms with Crippen LogP contribution in [0.4, 0.5) is 11.4 Å². The molecule has 0 N–H and O–H groups in total. The lowest BCUT2D eigenvalue weighted by Crippen LogP contribution is -2.16. The first-order chi connectivity index (χ1) is 34.1. The predicted octanol–water partition coefficient (Wildman–Crippen LogP) is 16.2. The predicted molar refractivity (Wildman–Crippen MR) is 286 cm³/mol. The molecule has 12 rings (SSSR count). The van der Waals surface area contributed by atoms with E-state index in [4.69, 9.17) is 15.0 Å². The number of aromatic nitrogens is 4. The van der Waals surface area contributed by atoms with Crippen molar-refractivity contribution in [1.29, 1.82) is 0 Å². The lowest BCUT2D eigenvalue weighted by molar-refractivity contribution is 1.07. The van der Waals surface area contributed by atoms with Crippen molar-refractivity contribution in [3.8, 4) is 62.1 Å². The average Bonchev–Trinajstić information content (AvgIpc) is 3.79. The van der Waals surface area contributed by atoms with Crippen molar-refractivity contribution in [2.24, 2.45) is 0 Å². The Morgan fingerprint density at radius 1 is 0.391 bits per heavy atom. The number of anilines is 2. The fourth-order valence-electron chi connectivity index (χ4n) is 9.74. The Hall–Kier alpha value is -9.19. The summed E-state index contributed by atoms with van der Waals surface area (Å²) in [6.45, 7) is 4.66. The van der Waals surface area contributed by atoms with Gasteiger partial charge in [0.15, 0.2) is 17.5 Å². The number of hydrogen-bond donors (Lipinski definition) is 0. The highest BCUT2D eigenvalue weighted by Crippen LogP contribution is 2.42. The molecule has 0 aliphatic carbocycles. The molecule has 0 saturated heterocycles. The molecule has 326 valence electrons. The van der Waals surface area contributed by atoms with Gasteiger partial charge in [0.05, 0.1) is 16.7 Å². The summed E-state index contributed by atoms with van der Waals surface area (Å²) in [7, 11) is 0. The summed E-state index contributed by atoms with van der Waals surface area (Å²) in [5, 5.41) is 2.38. The summed E-state index contributed by atoms with van der Waals surface area (Å²) in [6, 6.07) is 81.0. The minimum atomic E-state index is 0.628. The number of nitrogens with zero attached hydrogens (tertiary/aromatic N) is 5. The summed E-state index contributed by atoms with van der Waals surface area (Å²) in [5.74, 6) is 1.91. The smallest absolute Gasteiger partial charge is 0.164 e. The normalized spacial score (nSPS) is 13.8. The van der Waals surface area contributed by atoms with E-state index in [0.29, 0.717) is 17.5 Å². The highest BCUT2D eigenvalue weighted by atomic mass is 15.1. The van der Waals surface area contributed by atoms with Crippen LogP contribution in [0.15, 0.2) is 261 Å². The fourth-order valence-corrected chi connectivity index (χ4v) is 9.74. The third kappa shape index (κ3) is 7.82. The molecule has 0 fully saturated rings. The second kappa shape index (κ2) is 17.9. The van der Waals surface area contributed by atoms with E-state index in [1.54, 1.807) is 0 Å². The van der Waals surface area contributed by atoms with Crippen LogP contribution in [0.25, 0.3) is 89.5 Å². The Bertz CT molecular complexity index is 3700. The molecule has 0 radical (unpaired) electrons. The van der Waals surface area contributed by atoms with Crippen molar-refractivity contribution in [3.63, 3.8) is 0 Å². The molecule has 0 atom stereocenters. The van der Waals surface area contributed by atoms with E-state index >= 15 is 0 Å². The Labute approximate surface area is 402 Å². The average molecular weight is 884 g/mol. The zero-order valence-corrected chi connectivity index (χ0v) is 37.8. The van der Waals surface area contributed by atoms with Gasteiger partial charge in [0.2, 0.25) is 0 Å². The van der Waals surface area contributed by atoms with Crippen molar-refractivity contribution in [2.75, 3.05) is 4.90 Å². The van der Waals surface area contributed by atoms with E-state index in [1.165, 1.54) is 21.9 Å². The largest absolute Gasteiger partial charge is 0.310 e. The molecule has 0 bridgehead atoms. The molecule has 1 aliphatic heterocycles. The van der Waals surface area contributed by atoms with Crippen molar-refractivity contribution < 1.29 is 0 Å². The molecule has 0 spiro atoms. The minimum Gasteiger partial charge on any atom is -0.310 e. The van der Waals surface area contributed by atoms with Gasteiger partial charge in [-0.15, -0.1) is 0 Å². The maximum absolute atomic E-state index is 5.05. The van der Waals surface area contributed by atoms with Crippen LogP contribution in [0.2, 0.25) is 0 Å². The molecule has 0 amide bonds. The monoisotopic (exact) mass is 883 g/mol. The lowest BCUT2D eigenvalue weighted by Gasteiger charge is -2.29. The highest BCUT2D eigenvalue weighted by molar-refractivity contribution is 6.16. The SMILES string of the molecule is C=C1/C=C\C(c2ccc(-n3c4ccccc4c4c(-c5cccc(-c6nc(-c7ccccc7)nc(-c7ccccc7)n6)c5)cccc43)cc2)=C/Cc2ccccc2N1c1ccccc1-c1ccccc1. The van der Waals surface area contributed by atoms with Gasteiger partial charge in [-0.3, -0.25) is 0 Å². The number of fused-ring (bicyclic) bond motifs is 4. The summed E-state index contributed by atoms with van der Waals surface area (Å²) in [5.41, 5.74) is 17.4. The maximum Gasteiger partial charge on any atom is 0.164 e. The van der Waals surface area contributed by atoms with Crippen molar-refractivity contribution in [3.05, 3.63) is 272 Å². The summed E-state index contributed by atoms with van der Waals surface area (Å²) in [4.78, 5) is 17.3. The number of allylic oxidation sites excluding steroid dienone is 4. The van der Waals surface area contributed by atoms with Crippen molar-refractivity contribution in [2.45, 2.75) is 6.42 Å². The number of rotatable bonds is 8. The van der Waals surface area contributed by atoms with Crippen molar-refractivity contribution >= 4 is 38.8 Å². The van der Waals surface area contributed by atoms with E-state index in [0.717, 1.165) is 84.7 Å². The molecule has 9 aromatic carbocycles. The third-order valence-electron chi connectivity index (χ3n) is 13.0. The Morgan fingerprint density at radius 3 is 1.65 bits per heavy atom. The van der Waals surface area contributed by atoms with Crippen LogP contribution < -0.4 is 4.90 Å². The Balaban J connectivity index is 0.909.